The molecule has 4 nitrogen and oxygen atoms in total. The second-order valence-electron chi connectivity index (χ2n) is 5.88. The van der Waals surface area contributed by atoms with Gasteiger partial charge >= 0.3 is 0 Å². The van der Waals surface area contributed by atoms with E-state index in [-0.39, 0.29) is 5.91 Å². The first-order chi connectivity index (χ1) is 10.7. The van der Waals surface area contributed by atoms with Crippen molar-refractivity contribution in [2.45, 2.75) is 38.6 Å². The minimum absolute atomic E-state index is 0.182. The Morgan fingerprint density at radius 3 is 2.64 bits per heavy atom. The molecule has 2 aromatic rings. The number of pyridine rings is 1. The largest absolute Gasteiger partial charge is 0.381 e. The summed E-state index contributed by atoms with van der Waals surface area (Å²) >= 11 is 0. The number of aromatic nitrogens is 1. The van der Waals surface area contributed by atoms with Crippen LogP contribution in [0.15, 0.2) is 42.6 Å². The Hall–Kier alpha value is -2.36. The number of rotatable bonds is 4. The average molecular weight is 295 g/mol. The van der Waals surface area contributed by atoms with Crippen LogP contribution in [0.4, 0.5) is 11.4 Å². The smallest absolute Gasteiger partial charge is 0.274 e. The molecule has 0 unspecified atom stereocenters. The molecule has 0 spiro atoms. The van der Waals surface area contributed by atoms with E-state index in [1.807, 2.05) is 37.3 Å². The Balaban J connectivity index is 1.63. The van der Waals surface area contributed by atoms with Crippen molar-refractivity contribution in [2.75, 3.05) is 10.6 Å². The summed E-state index contributed by atoms with van der Waals surface area (Å²) in [4.78, 5) is 16.5. The monoisotopic (exact) mass is 295 g/mol. The Labute approximate surface area is 131 Å². The summed E-state index contributed by atoms with van der Waals surface area (Å²) in [5.41, 5.74) is 3.32. The van der Waals surface area contributed by atoms with Crippen molar-refractivity contribution in [3.63, 3.8) is 0 Å². The van der Waals surface area contributed by atoms with Crippen LogP contribution in [-0.2, 0) is 0 Å². The molecule has 2 N–H and O–H groups in total. The Bertz CT molecular complexity index is 646. The van der Waals surface area contributed by atoms with Crippen LogP contribution in [0.3, 0.4) is 0 Å². The molecule has 1 fully saturated rings. The van der Waals surface area contributed by atoms with Gasteiger partial charge in [0.1, 0.15) is 5.69 Å². The second-order valence-corrected chi connectivity index (χ2v) is 5.88. The highest BCUT2D eigenvalue weighted by Crippen LogP contribution is 2.22. The molecule has 4 heteroatoms. The summed E-state index contributed by atoms with van der Waals surface area (Å²) in [6.07, 6.45) is 6.76. The molecule has 1 aromatic heterocycles. The highest BCUT2D eigenvalue weighted by Gasteiger charge is 2.15. The van der Waals surface area contributed by atoms with Gasteiger partial charge in [0.05, 0.1) is 11.9 Å². The molecule has 3 rings (SSSR count). The van der Waals surface area contributed by atoms with Crippen LogP contribution in [0.2, 0.25) is 0 Å². The standard InChI is InChI=1S/C18H21N3O/c1-13-5-4-8-15(11-13)21-18(22)17-10-9-16(12-19-17)20-14-6-2-3-7-14/h4-5,8-12,14,20H,2-3,6-7H2,1H3,(H,21,22). The van der Waals surface area contributed by atoms with Gasteiger partial charge in [-0.3, -0.25) is 4.79 Å². The number of anilines is 2. The molecular weight excluding hydrogens is 274 g/mol. The Morgan fingerprint density at radius 2 is 1.95 bits per heavy atom. The highest BCUT2D eigenvalue weighted by molar-refractivity contribution is 6.02. The van der Waals surface area contributed by atoms with Crippen molar-refractivity contribution < 1.29 is 4.79 Å². The van der Waals surface area contributed by atoms with Gasteiger partial charge in [0.25, 0.3) is 5.91 Å². The lowest BCUT2D eigenvalue weighted by molar-refractivity contribution is 0.102. The van der Waals surface area contributed by atoms with E-state index in [1.165, 1.54) is 25.7 Å². The zero-order chi connectivity index (χ0) is 15.4. The van der Waals surface area contributed by atoms with Crippen molar-refractivity contribution in [3.05, 3.63) is 53.9 Å². The van der Waals surface area contributed by atoms with Gasteiger partial charge in [-0.2, -0.15) is 0 Å². The van der Waals surface area contributed by atoms with Crippen molar-refractivity contribution in [2.24, 2.45) is 0 Å². The Morgan fingerprint density at radius 1 is 1.14 bits per heavy atom. The van der Waals surface area contributed by atoms with E-state index in [1.54, 1.807) is 12.3 Å². The summed E-state index contributed by atoms with van der Waals surface area (Å²) in [6, 6.07) is 12.0. The summed E-state index contributed by atoms with van der Waals surface area (Å²) in [5.74, 6) is -0.182. The lowest BCUT2D eigenvalue weighted by atomic mass is 10.2. The number of carbonyl (C=O) groups is 1. The van der Waals surface area contributed by atoms with Crippen LogP contribution in [0.1, 0.15) is 41.7 Å². The lowest BCUT2D eigenvalue weighted by Crippen LogP contribution is -2.16. The van der Waals surface area contributed by atoms with E-state index in [4.69, 9.17) is 0 Å². The number of amides is 1. The molecule has 0 atom stereocenters. The second kappa shape index (κ2) is 6.60. The fraction of sp³-hybridized carbons (Fsp3) is 0.333. The molecule has 0 radical (unpaired) electrons. The average Bonchev–Trinajstić information content (AvgIpc) is 3.01. The first-order valence-corrected chi connectivity index (χ1v) is 7.81. The van der Waals surface area contributed by atoms with Crippen molar-refractivity contribution >= 4 is 17.3 Å². The number of nitrogens with zero attached hydrogens (tertiary/aromatic N) is 1. The molecule has 1 amide bonds. The first-order valence-electron chi connectivity index (χ1n) is 7.81. The van der Waals surface area contributed by atoms with Gasteiger partial charge in [0.15, 0.2) is 0 Å². The summed E-state index contributed by atoms with van der Waals surface area (Å²) in [5, 5.41) is 6.34. The fourth-order valence-corrected chi connectivity index (χ4v) is 2.84. The maximum absolute atomic E-state index is 12.2. The van der Waals surface area contributed by atoms with Crippen molar-refractivity contribution in [1.29, 1.82) is 0 Å². The minimum Gasteiger partial charge on any atom is -0.381 e. The first kappa shape index (κ1) is 14.6. The van der Waals surface area contributed by atoms with Gasteiger partial charge in [0.2, 0.25) is 0 Å². The molecule has 1 aromatic carbocycles. The maximum atomic E-state index is 12.2. The van der Waals surface area contributed by atoms with Crippen LogP contribution < -0.4 is 10.6 Å². The molecule has 114 valence electrons. The van der Waals surface area contributed by atoms with Gasteiger partial charge in [0, 0.05) is 11.7 Å². The lowest BCUT2D eigenvalue weighted by Gasteiger charge is -2.13. The summed E-state index contributed by atoms with van der Waals surface area (Å²) in [7, 11) is 0. The predicted molar refractivity (Wildman–Crippen MR) is 89.2 cm³/mol. The molecule has 0 aliphatic heterocycles. The summed E-state index contributed by atoms with van der Waals surface area (Å²) in [6.45, 7) is 2.00. The van der Waals surface area contributed by atoms with E-state index in [9.17, 15) is 4.79 Å². The third-order valence-electron chi connectivity index (χ3n) is 4.00. The maximum Gasteiger partial charge on any atom is 0.274 e. The fourth-order valence-electron chi connectivity index (χ4n) is 2.84. The van der Waals surface area contributed by atoms with E-state index in [2.05, 4.69) is 15.6 Å². The third kappa shape index (κ3) is 3.64. The van der Waals surface area contributed by atoms with Crippen molar-refractivity contribution in [1.82, 2.24) is 4.98 Å². The molecule has 1 aliphatic carbocycles. The van der Waals surface area contributed by atoms with Gasteiger partial charge in [-0.15, -0.1) is 0 Å². The van der Waals surface area contributed by atoms with Crippen molar-refractivity contribution in [3.8, 4) is 0 Å². The number of carbonyl (C=O) groups excluding carboxylic acids is 1. The van der Waals surface area contributed by atoms with Gasteiger partial charge in [-0.05, 0) is 49.6 Å². The number of hydrogen-bond acceptors (Lipinski definition) is 3. The topological polar surface area (TPSA) is 54.0 Å². The van der Waals surface area contributed by atoms with E-state index < -0.39 is 0 Å². The predicted octanol–water partition coefficient (Wildman–Crippen LogP) is 4.00. The van der Waals surface area contributed by atoms with Crippen LogP contribution in [0.5, 0.6) is 0 Å². The zero-order valence-corrected chi connectivity index (χ0v) is 12.8. The molecule has 0 bridgehead atoms. The third-order valence-corrected chi connectivity index (χ3v) is 4.00. The minimum atomic E-state index is -0.182. The van der Waals surface area contributed by atoms with Gasteiger partial charge in [-0.25, -0.2) is 4.98 Å². The van der Waals surface area contributed by atoms with Gasteiger partial charge < -0.3 is 10.6 Å². The number of nitrogens with one attached hydrogen (secondary N) is 2. The molecule has 1 heterocycles. The zero-order valence-electron chi connectivity index (χ0n) is 12.8. The SMILES string of the molecule is Cc1cccc(NC(=O)c2ccc(NC3CCCC3)cn2)c1. The highest BCUT2D eigenvalue weighted by atomic mass is 16.1. The molecule has 1 aliphatic rings. The molecule has 22 heavy (non-hydrogen) atoms. The normalized spacial score (nSPS) is 14.8. The van der Waals surface area contributed by atoms with E-state index >= 15 is 0 Å². The number of hydrogen-bond donors (Lipinski definition) is 2. The summed E-state index contributed by atoms with van der Waals surface area (Å²) < 4.78 is 0. The van der Waals surface area contributed by atoms with Crippen LogP contribution in [-0.4, -0.2) is 16.9 Å². The Kier molecular flexibility index (Phi) is 4.37. The number of benzene rings is 1. The molecular formula is C18H21N3O. The quantitative estimate of drug-likeness (QED) is 0.896. The molecule has 1 saturated carbocycles. The number of aryl methyl sites for hydroxylation is 1. The van der Waals surface area contributed by atoms with Crippen LogP contribution in [0, 0.1) is 6.92 Å². The van der Waals surface area contributed by atoms with E-state index in [0.29, 0.717) is 11.7 Å². The molecule has 0 saturated heterocycles. The van der Waals surface area contributed by atoms with Gasteiger partial charge in [-0.1, -0.05) is 25.0 Å². The van der Waals surface area contributed by atoms with E-state index in [0.717, 1.165) is 16.9 Å². The van der Waals surface area contributed by atoms with Crippen LogP contribution in [0.25, 0.3) is 0 Å². The van der Waals surface area contributed by atoms with Crippen LogP contribution >= 0.6 is 0 Å².